The molecule has 0 amide bonds. The van der Waals surface area contributed by atoms with Crippen LogP contribution in [0.1, 0.15) is 21.2 Å². The van der Waals surface area contributed by atoms with Crippen LogP contribution < -0.4 is 9.47 Å². The number of carbonyl (C=O) groups is 2. The Morgan fingerprint density at radius 3 is 2.56 bits per heavy atom. The third-order valence-corrected chi connectivity index (χ3v) is 7.06. The molecule has 27 heavy (non-hydrogen) atoms. The molecule has 0 bridgehead atoms. The van der Waals surface area contributed by atoms with Crippen molar-refractivity contribution in [3.05, 3.63) is 58.5 Å². The van der Waals surface area contributed by atoms with E-state index in [-0.39, 0.29) is 26.2 Å². The van der Waals surface area contributed by atoms with Gasteiger partial charge in [0.1, 0.15) is 0 Å². The molecule has 1 aromatic heterocycles. The summed E-state index contributed by atoms with van der Waals surface area (Å²) >= 11 is -0.136. The number of carbonyl (C=O) groups excluding carboxylic acids is 1. The van der Waals surface area contributed by atoms with Gasteiger partial charge in [0.2, 0.25) is 0 Å². The second kappa shape index (κ2) is 7.22. The number of benzene rings is 2. The van der Waals surface area contributed by atoms with Crippen molar-refractivity contribution in [2.75, 3.05) is 7.11 Å². The molecule has 1 saturated carbocycles. The first-order valence-electron chi connectivity index (χ1n) is 8.62. The summed E-state index contributed by atoms with van der Waals surface area (Å²) in [5.41, 5.74) is 1.06. The van der Waals surface area contributed by atoms with Crippen LogP contribution in [0.4, 0.5) is 0 Å². The van der Waals surface area contributed by atoms with Gasteiger partial charge in [-0.1, -0.05) is 0 Å². The third-order valence-electron chi connectivity index (χ3n) is 4.73. The van der Waals surface area contributed by atoms with E-state index in [1.807, 2.05) is 48.5 Å². The number of ether oxygens (including phenoxy) is 2. The number of hydrogen-bond acceptors (Lipinski definition) is 4. The van der Waals surface area contributed by atoms with Gasteiger partial charge in [0, 0.05) is 0 Å². The Labute approximate surface area is 162 Å². The van der Waals surface area contributed by atoms with Crippen LogP contribution in [0.25, 0.3) is 9.65 Å². The number of Topliss-reactive ketones (excluding diaryl/α,β-unsaturated/α-hetero) is 1. The summed E-state index contributed by atoms with van der Waals surface area (Å²) in [7, 11) is 1.60. The van der Waals surface area contributed by atoms with Crippen molar-refractivity contribution in [3.8, 4) is 11.5 Å². The maximum atomic E-state index is 12.6. The number of rotatable bonds is 7. The second-order valence-corrected chi connectivity index (χ2v) is 8.85. The van der Waals surface area contributed by atoms with Gasteiger partial charge in [-0.05, 0) is 0 Å². The molecule has 4 rings (SSSR count). The van der Waals surface area contributed by atoms with Gasteiger partial charge in [-0.25, -0.2) is 0 Å². The molecule has 0 spiro atoms. The fourth-order valence-electron chi connectivity index (χ4n) is 3.12. The summed E-state index contributed by atoms with van der Waals surface area (Å²) in [6.07, 6.45) is 0.451. The molecule has 138 valence electrons. The average Bonchev–Trinajstić information content (AvgIpc) is 3.38. The molecule has 1 fully saturated rings. The van der Waals surface area contributed by atoms with E-state index < -0.39 is 11.9 Å². The number of carboxylic acids is 1. The number of carboxylic acid groups (broad SMARTS) is 1. The van der Waals surface area contributed by atoms with Gasteiger partial charge in [0.15, 0.2) is 0 Å². The Balaban J connectivity index is 1.58. The van der Waals surface area contributed by atoms with Crippen LogP contribution in [0, 0.1) is 11.8 Å². The summed E-state index contributed by atoms with van der Waals surface area (Å²) in [6.45, 7) is 0.430. The Bertz CT molecular complexity index is 1010. The van der Waals surface area contributed by atoms with Crippen LogP contribution in [-0.4, -0.2) is 38.5 Å². The molecule has 1 aliphatic carbocycles. The topological polar surface area (TPSA) is 72.8 Å². The van der Waals surface area contributed by atoms with Crippen molar-refractivity contribution in [3.63, 3.8) is 0 Å². The molecule has 2 aromatic carbocycles. The Morgan fingerprint density at radius 2 is 1.89 bits per heavy atom. The van der Waals surface area contributed by atoms with E-state index in [0.717, 1.165) is 19.6 Å². The third kappa shape index (κ3) is 3.64. The number of ketones is 1. The first-order chi connectivity index (χ1) is 13.1. The number of methoxy groups -OCH3 is 1. The van der Waals surface area contributed by atoms with Crippen molar-refractivity contribution in [1.29, 1.82) is 0 Å². The van der Waals surface area contributed by atoms with Gasteiger partial charge in [-0.3, -0.25) is 0 Å². The fourth-order valence-corrected chi connectivity index (χ4v) is 5.38. The van der Waals surface area contributed by atoms with Crippen molar-refractivity contribution < 1.29 is 24.2 Å². The monoisotopic (exact) mass is 430 g/mol. The quantitative estimate of drug-likeness (QED) is 0.461. The molecule has 1 aliphatic rings. The minimum absolute atomic E-state index is 0.0238. The summed E-state index contributed by atoms with van der Waals surface area (Å²) in [4.78, 5) is 23.6. The first-order valence-corrected chi connectivity index (χ1v) is 10.3. The molecule has 2 atom stereocenters. The van der Waals surface area contributed by atoms with E-state index in [2.05, 4.69) is 0 Å². The molecule has 0 radical (unpaired) electrons. The minimum atomic E-state index is -0.879. The van der Waals surface area contributed by atoms with Crippen LogP contribution >= 0.6 is 0 Å². The van der Waals surface area contributed by atoms with Gasteiger partial charge in [0.05, 0.1) is 0 Å². The predicted octanol–water partition coefficient (Wildman–Crippen LogP) is 3.39. The van der Waals surface area contributed by atoms with Gasteiger partial charge < -0.3 is 0 Å². The van der Waals surface area contributed by atoms with Crippen molar-refractivity contribution in [2.45, 2.75) is 13.0 Å². The van der Waals surface area contributed by atoms with E-state index >= 15 is 0 Å². The van der Waals surface area contributed by atoms with Crippen LogP contribution in [0.15, 0.2) is 48.5 Å². The van der Waals surface area contributed by atoms with E-state index in [0.29, 0.717) is 24.5 Å². The van der Waals surface area contributed by atoms with Gasteiger partial charge in [-0.15, -0.1) is 0 Å². The zero-order valence-electron chi connectivity index (χ0n) is 14.7. The maximum absolute atomic E-state index is 12.6. The molecular weight excluding hydrogens is 411 g/mol. The standard InChI is InChI=1S/C21H18O5Se/c1-25-16-10-18-13(7-17(16)26-11-12-5-3-2-4-6-12)8-19(27-18)20(22)14-9-15(14)21(23)24/h2-8,10,14-15H,9,11H2,1H3,(H,23,24). The molecule has 1 heterocycles. The van der Waals surface area contributed by atoms with Gasteiger partial charge in [-0.2, -0.15) is 0 Å². The second-order valence-electron chi connectivity index (χ2n) is 6.58. The van der Waals surface area contributed by atoms with Crippen molar-refractivity contribution in [2.24, 2.45) is 11.8 Å². The number of hydrogen-bond donors (Lipinski definition) is 1. The first kappa shape index (κ1) is 17.8. The van der Waals surface area contributed by atoms with Crippen LogP contribution in [-0.2, 0) is 11.4 Å². The van der Waals surface area contributed by atoms with E-state index in [9.17, 15) is 9.59 Å². The van der Waals surface area contributed by atoms with Gasteiger partial charge in [0.25, 0.3) is 0 Å². The molecule has 1 N–H and O–H groups in total. The molecule has 2 unspecified atom stereocenters. The Hall–Kier alpha value is -2.56. The molecule has 5 nitrogen and oxygen atoms in total. The van der Waals surface area contributed by atoms with Crippen molar-refractivity contribution >= 4 is 35.9 Å². The molecule has 0 saturated heterocycles. The Morgan fingerprint density at radius 1 is 1.11 bits per heavy atom. The van der Waals surface area contributed by atoms with Gasteiger partial charge >= 0.3 is 162 Å². The summed E-state index contributed by atoms with van der Waals surface area (Å²) in [5.74, 6) is -0.503. The fraction of sp³-hybridized carbons (Fsp3) is 0.238. The summed E-state index contributed by atoms with van der Waals surface area (Å²) in [5, 5.41) is 10.0. The zero-order valence-corrected chi connectivity index (χ0v) is 16.4. The predicted molar refractivity (Wildman–Crippen MR) is 102 cm³/mol. The van der Waals surface area contributed by atoms with Crippen LogP contribution in [0.5, 0.6) is 11.5 Å². The number of aliphatic carboxylic acids is 1. The average molecular weight is 429 g/mol. The molecule has 0 aliphatic heterocycles. The molecular formula is C21H18O5Se. The summed E-state index contributed by atoms with van der Waals surface area (Å²) in [6, 6.07) is 15.6. The van der Waals surface area contributed by atoms with E-state index in [1.165, 1.54) is 0 Å². The van der Waals surface area contributed by atoms with Crippen molar-refractivity contribution in [1.82, 2.24) is 0 Å². The van der Waals surface area contributed by atoms with E-state index in [4.69, 9.17) is 14.6 Å². The summed E-state index contributed by atoms with van der Waals surface area (Å²) < 4.78 is 13.2. The number of fused-ring (bicyclic) bond motifs is 1. The van der Waals surface area contributed by atoms with E-state index in [1.54, 1.807) is 7.11 Å². The molecule has 3 aromatic rings. The van der Waals surface area contributed by atoms with Crippen LogP contribution in [0.2, 0.25) is 0 Å². The normalized spacial score (nSPS) is 18.3. The Kier molecular flexibility index (Phi) is 4.77. The molecule has 6 heteroatoms. The zero-order chi connectivity index (χ0) is 19.0. The SMILES string of the molecule is COc1cc2[se]c(C(=O)C3CC3C(=O)O)cc2cc1OCc1ccccc1. The van der Waals surface area contributed by atoms with Crippen LogP contribution in [0.3, 0.4) is 0 Å².